The summed E-state index contributed by atoms with van der Waals surface area (Å²) in [5.74, 6) is -1.27. The molecule has 1 aromatic rings. The van der Waals surface area contributed by atoms with Gasteiger partial charge in [0.25, 0.3) is 0 Å². The van der Waals surface area contributed by atoms with Crippen LogP contribution in [0.25, 0.3) is 0 Å². The summed E-state index contributed by atoms with van der Waals surface area (Å²) in [6.07, 6.45) is 4.05. The fraction of sp³-hybridized carbons (Fsp3) is 0.550. The molecule has 1 aromatic carbocycles. The first-order chi connectivity index (χ1) is 12.4. The Bertz CT molecular complexity index is 626. The second-order valence-corrected chi connectivity index (χ2v) is 7.12. The van der Waals surface area contributed by atoms with Gasteiger partial charge in [-0.2, -0.15) is 0 Å². The van der Waals surface area contributed by atoms with Gasteiger partial charge in [-0.15, -0.1) is 0 Å². The molecule has 26 heavy (non-hydrogen) atoms. The van der Waals surface area contributed by atoms with Gasteiger partial charge in [0.1, 0.15) is 6.04 Å². The SMILES string of the molecule is CC(CC(=O)N(Cc1ccccc1)C(C)C(=O)O)NC(=O)C1CCCC1. The molecule has 2 rings (SSSR count). The first-order valence-corrected chi connectivity index (χ1v) is 9.25. The van der Waals surface area contributed by atoms with E-state index in [1.165, 1.54) is 11.8 Å². The van der Waals surface area contributed by atoms with Crippen LogP contribution < -0.4 is 5.32 Å². The predicted octanol–water partition coefficient (Wildman–Crippen LogP) is 2.57. The van der Waals surface area contributed by atoms with Gasteiger partial charge in [-0.1, -0.05) is 43.2 Å². The second kappa shape index (κ2) is 9.36. The zero-order chi connectivity index (χ0) is 19.1. The van der Waals surface area contributed by atoms with Crippen molar-refractivity contribution in [2.75, 3.05) is 0 Å². The molecule has 0 spiro atoms. The maximum Gasteiger partial charge on any atom is 0.326 e. The third kappa shape index (κ3) is 5.58. The van der Waals surface area contributed by atoms with E-state index in [1.54, 1.807) is 6.92 Å². The molecule has 2 amide bonds. The molecule has 1 fully saturated rings. The molecule has 2 unspecified atom stereocenters. The van der Waals surface area contributed by atoms with E-state index >= 15 is 0 Å². The summed E-state index contributed by atoms with van der Waals surface area (Å²) in [6.45, 7) is 3.53. The van der Waals surface area contributed by atoms with E-state index in [2.05, 4.69) is 5.32 Å². The molecule has 142 valence electrons. The Balaban J connectivity index is 1.98. The number of nitrogens with one attached hydrogen (secondary N) is 1. The molecule has 6 nitrogen and oxygen atoms in total. The van der Waals surface area contributed by atoms with Crippen LogP contribution in [0.3, 0.4) is 0 Å². The molecule has 0 aromatic heterocycles. The number of nitrogens with zero attached hydrogens (tertiary/aromatic N) is 1. The Morgan fingerprint density at radius 3 is 2.35 bits per heavy atom. The van der Waals surface area contributed by atoms with Gasteiger partial charge in [0.05, 0.1) is 0 Å². The van der Waals surface area contributed by atoms with Crippen LogP contribution >= 0.6 is 0 Å². The van der Waals surface area contributed by atoms with Crippen molar-refractivity contribution in [3.05, 3.63) is 35.9 Å². The minimum absolute atomic E-state index is 0.00342. The zero-order valence-electron chi connectivity index (χ0n) is 15.5. The number of rotatable bonds is 8. The number of hydrogen-bond donors (Lipinski definition) is 2. The van der Waals surface area contributed by atoms with Crippen LogP contribution in [0.5, 0.6) is 0 Å². The van der Waals surface area contributed by atoms with Crippen LogP contribution in [0.2, 0.25) is 0 Å². The van der Waals surface area contributed by atoms with Crippen molar-refractivity contribution in [3.8, 4) is 0 Å². The Hall–Kier alpha value is -2.37. The minimum Gasteiger partial charge on any atom is -0.480 e. The molecule has 2 atom stereocenters. The summed E-state index contributed by atoms with van der Waals surface area (Å²) in [5.41, 5.74) is 0.872. The van der Waals surface area contributed by atoms with Crippen molar-refractivity contribution in [2.45, 2.75) is 64.6 Å². The summed E-state index contributed by atoms with van der Waals surface area (Å²) in [4.78, 5) is 37.7. The number of carboxylic acids is 1. The van der Waals surface area contributed by atoms with Crippen LogP contribution in [0.15, 0.2) is 30.3 Å². The average molecular weight is 360 g/mol. The van der Waals surface area contributed by atoms with Crippen LogP contribution in [0.1, 0.15) is 51.5 Å². The van der Waals surface area contributed by atoms with E-state index in [-0.39, 0.29) is 36.7 Å². The fourth-order valence-electron chi connectivity index (χ4n) is 3.33. The normalized spacial score (nSPS) is 16.7. The number of benzene rings is 1. The van der Waals surface area contributed by atoms with E-state index in [1.807, 2.05) is 30.3 Å². The lowest BCUT2D eigenvalue weighted by Gasteiger charge is -2.28. The number of carboxylic acid groups (broad SMARTS) is 1. The van der Waals surface area contributed by atoms with Crippen LogP contribution in [-0.2, 0) is 20.9 Å². The summed E-state index contributed by atoms with van der Waals surface area (Å²) >= 11 is 0. The van der Waals surface area contributed by atoms with Gasteiger partial charge in [-0.05, 0) is 32.3 Å². The quantitative estimate of drug-likeness (QED) is 0.746. The Morgan fingerprint density at radius 1 is 1.15 bits per heavy atom. The molecule has 1 aliphatic rings. The van der Waals surface area contributed by atoms with Gasteiger partial charge >= 0.3 is 5.97 Å². The fourth-order valence-corrected chi connectivity index (χ4v) is 3.33. The molecule has 0 saturated heterocycles. The number of hydrogen-bond acceptors (Lipinski definition) is 3. The third-order valence-corrected chi connectivity index (χ3v) is 4.94. The first-order valence-electron chi connectivity index (χ1n) is 9.25. The molecule has 0 heterocycles. The van der Waals surface area contributed by atoms with E-state index in [4.69, 9.17) is 0 Å². The number of carbonyl (C=O) groups is 3. The zero-order valence-corrected chi connectivity index (χ0v) is 15.5. The molecular weight excluding hydrogens is 332 g/mol. The molecule has 1 saturated carbocycles. The maximum absolute atomic E-state index is 12.7. The topological polar surface area (TPSA) is 86.7 Å². The first kappa shape index (κ1) is 19.9. The molecule has 6 heteroatoms. The Kier molecular flexibility index (Phi) is 7.18. The highest BCUT2D eigenvalue weighted by Crippen LogP contribution is 2.24. The van der Waals surface area contributed by atoms with Gasteiger partial charge < -0.3 is 15.3 Å². The molecular formula is C20H28N2O4. The van der Waals surface area contributed by atoms with Crippen molar-refractivity contribution in [1.82, 2.24) is 10.2 Å². The lowest BCUT2D eigenvalue weighted by Crippen LogP contribution is -2.46. The number of amides is 2. The molecule has 0 radical (unpaired) electrons. The van der Waals surface area contributed by atoms with Crippen molar-refractivity contribution in [2.24, 2.45) is 5.92 Å². The molecule has 0 aliphatic heterocycles. The van der Waals surface area contributed by atoms with Crippen LogP contribution in [0, 0.1) is 5.92 Å². The molecule has 0 bridgehead atoms. The summed E-state index contributed by atoms with van der Waals surface area (Å²) in [7, 11) is 0. The lowest BCUT2D eigenvalue weighted by molar-refractivity contribution is -0.150. The smallest absolute Gasteiger partial charge is 0.326 e. The Labute approximate surface area is 154 Å². The van der Waals surface area contributed by atoms with Gasteiger partial charge in [-0.25, -0.2) is 4.79 Å². The highest BCUT2D eigenvalue weighted by molar-refractivity contribution is 5.84. The number of carbonyl (C=O) groups excluding carboxylic acids is 2. The van der Waals surface area contributed by atoms with Gasteiger partial charge in [0.2, 0.25) is 11.8 Å². The predicted molar refractivity (Wildman–Crippen MR) is 98.3 cm³/mol. The van der Waals surface area contributed by atoms with Gasteiger partial charge in [0.15, 0.2) is 0 Å². The van der Waals surface area contributed by atoms with Crippen molar-refractivity contribution in [3.63, 3.8) is 0 Å². The van der Waals surface area contributed by atoms with Crippen molar-refractivity contribution < 1.29 is 19.5 Å². The maximum atomic E-state index is 12.7. The van der Waals surface area contributed by atoms with Crippen LogP contribution in [-0.4, -0.2) is 39.9 Å². The van der Waals surface area contributed by atoms with Crippen LogP contribution in [0.4, 0.5) is 0 Å². The molecule has 1 aliphatic carbocycles. The molecule has 2 N–H and O–H groups in total. The highest BCUT2D eigenvalue weighted by Gasteiger charge is 2.28. The largest absolute Gasteiger partial charge is 0.480 e. The average Bonchev–Trinajstić information content (AvgIpc) is 3.14. The summed E-state index contributed by atoms with van der Waals surface area (Å²) < 4.78 is 0. The minimum atomic E-state index is -1.04. The van der Waals surface area contributed by atoms with Gasteiger partial charge in [-0.3, -0.25) is 9.59 Å². The summed E-state index contributed by atoms with van der Waals surface area (Å²) in [6, 6.07) is 8.05. The van der Waals surface area contributed by atoms with Gasteiger partial charge in [0, 0.05) is 24.9 Å². The Morgan fingerprint density at radius 2 is 1.77 bits per heavy atom. The summed E-state index contributed by atoms with van der Waals surface area (Å²) in [5, 5.41) is 12.2. The lowest BCUT2D eigenvalue weighted by atomic mass is 10.1. The third-order valence-electron chi connectivity index (χ3n) is 4.94. The van der Waals surface area contributed by atoms with E-state index in [0.29, 0.717) is 0 Å². The monoisotopic (exact) mass is 360 g/mol. The second-order valence-electron chi connectivity index (χ2n) is 7.12. The number of aliphatic carboxylic acids is 1. The van der Waals surface area contributed by atoms with E-state index < -0.39 is 12.0 Å². The van der Waals surface area contributed by atoms with E-state index in [9.17, 15) is 19.5 Å². The van der Waals surface area contributed by atoms with E-state index in [0.717, 1.165) is 31.2 Å². The van der Waals surface area contributed by atoms with Crippen molar-refractivity contribution in [1.29, 1.82) is 0 Å². The standard InChI is InChI=1S/C20H28N2O4/c1-14(21-19(24)17-10-6-7-11-17)12-18(23)22(15(2)20(25)26)13-16-8-4-3-5-9-16/h3-5,8-9,14-15,17H,6-7,10-13H2,1-2H3,(H,21,24)(H,25,26). The highest BCUT2D eigenvalue weighted by atomic mass is 16.4. The van der Waals surface area contributed by atoms with Crippen molar-refractivity contribution >= 4 is 17.8 Å².